The second-order valence-electron chi connectivity index (χ2n) is 15.8. The van der Waals surface area contributed by atoms with Crippen LogP contribution in [0, 0.1) is 11.8 Å². The first-order valence-corrected chi connectivity index (χ1v) is 19.6. The van der Waals surface area contributed by atoms with Crippen molar-refractivity contribution in [3.63, 3.8) is 0 Å². The standard InChI is InChI=1S/C45H43N7O4/c1-25(26-9-5-3-6-10-26)43(53)51-36-20-32(36)23-39(51)42-47-33-18-17-30(19-34(33)48-42)27-13-15-28(16-14-27)35-24-46-41(49-35)38-22-31-21-37(31)52(38)44(54)40(50-45(55)56-2)29-11-7-4-8-12-29/h3-19,24-25,31-32,36-40H,20-23H2,1-2H3,(H,46,49)(H,47,48)(H,50,55)/t25-,31+,32+,36+,37+,38+,39+,40-/m1/s1. The van der Waals surface area contributed by atoms with Crippen LogP contribution >= 0.6 is 0 Å². The number of fused-ring (bicyclic) bond motifs is 3. The molecule has 6 aromatic rings. The average molecular weight is 746 g/mol. The van der Waals surface area contributed by atoms with Crippen LogP contribution < -0.4 is 5.32 Å². The normalized spacial score (nSPS) is 24.3. The Hall–Kier alpha value is -6.23. The van der Waals surface area contributed by atoms with E-state index in [1.165, 1.54) is 7.11 Å². The van der Waals surface area contributed by atoms with Gasteiger partial charge in [0.25, 0.3) is 5.91 Å². The van der Waals surface area contributed by atoms with Crippen LogP contribution in [0.2, 0.25) is 0 Å². The number of nitrogens with one attached hydrogen (secondary N) is 3. The van der Waals surface area contributed by atoms with Crippen molar-refractivity contribution in [2.75, 3.05) is 7.11 Å². The lowest BCUT2D eigenvalue weighted by molar-refractivity contribution is -0.136. The third-order valence-electron chi connectivity index (χ3n) is 12.5. The Kier molecular flexibility index (Phi) is 8.27. The van der Waals surface area contributed by atoms with E-state index in [0.29, 0.717) is 23.4 Å². The van der Waals surface area contributed by atoms with Gasteiger partial charge in [-0.25, -0.2) is 14.8 Å². The molecular formula is C45H43N7O4. The van der Waals surface area contributed by atoms with E-state index >= 15 is 0 Å². The molecule has 8 atom stereocenters. The lowest BCUT2D eigenvalue weighted by atomic mass is 9.99. The van der Waals surface area contributed by atoms with E-state index in [0.717, 1.165) is 76.3 Å². The van der Waals surface area contributed by atoms with Crippen LogP contribution in [0.25, 0.3) is 33.4 Å². The molecule has 4 aromatic carbocycles. The maximum absolute atomic E-state index is 14.1. The Morgan fingerprint density at radius 3 is 2.00 bits per heavy atom. The summed E-state index contributed by atoms with van der Waals surface area (Å²) in [5, 5.41) is 2.76. The number of piperidine rings is 2. The third kappa shape index (κ3) is 6.02. The quantitative estimate of drug-likeness (QED) is 0.138. The fourth-order valence-electron chi connectivity index (χ4n) is 9.26. The number of aromatic nitrogens is 4. The van der Waals surface area contributed by atoms with Crippen LogP contribution in [0.5, 0.6) is 0 Å². The molecule has 0 radical (unpaired) electrons. The summed E-state index contributed by atoms with van der Waals surface area (Å²) < 4.78 is 4.87. The van der Waals surface area contributed by atoms with Crippen molar-refractivity contribution in [3.8, 4) is 22.4 Å². The molecule has 56 heavy (non-hydrogen) atoms. The highest BCUT2D eigenvalue weighted by Gasteiger charge is 2.57. The van der Waals surface area contributed by atoms with Crippen LogP contribution in [0.15, 0.2) is 109 Å². The number of likely N-dealkylation sites (tertiary alicyclic amines) is 2. The molecule has 0 spiro atoms. The third-order valence-corrected chi connectivity index (χ3v) is 12.5. The van der Waals surface area contributed by atoms with E-state index in [4.69, 9.17) is 14.7 Å². The number of nitrogens with zero attached hydrogens (tertiary/aromatic N) is 4. The van der Waals surface area contributed by atoms with E-state index in [1.54, 1.807) is 0 Å². The second kappa shape index (κ2) is 13.5. The molecule has 10 rings (SSSR count). The van der Waals surface area contributed by atoms with Gasteiger partial charge in [-0.3, -0.25) is 9.59 Å². The number of aromatic amines is 2. The van der Waals surface area contributed by atoms with Gasteiger partial charge in [0.2, 0.25) is 5.91 Å². The molecule has 2 aliphatic heterocycles. The Balaban J connectivity index is 0.856. The first-order chi connectivity index (χ1) is 27.3. The minimum absolute atomic E-state index is 0.0473. The smallest absolute Gasteiger partial charge is 0.407 e. The van der Waals surface area contributed by atoms with Gasteiger partial charge < -0.3 is 29.8 Å². The van der Waals surface area contributed by atoms with Crippen molar-refractivity contribution in [1.82, 2.24) is 35.1 Å². The number of methoxy groups -OCH3 is 1. The van der Waals surface area contributed by atoms with Gasteiger partial charge in [-0.2, -0.15) is 0 Å². The first kappa shape index (κ1) is 34.3. The number of ether oxygens (including phenoxy) is 1. The highest BCUT2D eigenvalue weighted by Crippen LogP contribution is 2.55. The number of H-pyrrole nitrogens is 2. The molecule has 282 valence electrons. The van der Waals surface area contributed by atoms with Gasteiger partial charge in [0.15, 0.2) is 0 Å². The summed E-state index contributed by atoms with van der Waals surface area (Å²) in [4.78, 5) is 61.2. The van der Waals surface area contributed by atoms with E-state index in [-0.39, 0.29) is 35.9 Å². The van der Waals surface area contributed by atoms with Crippen molar-refractivity contribution in [1.29, 1.82) is 0 Å². The Morgan fingerprint density at radius 2 is 1.32 bits per heavy atom. The maximum Gasteiger partial charge on any atom is 0.407 e. The number of hydrogen-bond acceptors (Lipinski definition) is 6. The Labute approximate surface area is 324 Å². The van der Waals surface area contributed by atoms with Crippen LogP contribution in [0.4, 0.5) is 4.79 Å². The number of hydrogen-bond donors (Lipinski definition) is 3. The summed E-state index contributed by atoms with van der Waals surface area (Å²) in [6, 6.07) is 33.3. The van der Waals surface area contributed by atoms with Crippen molar-refractivity contribution >= 4 is 28.9 Å². The van der Waals surface area contributed by atoms with Crippen molar-refractivity contribution in [2.24, 2.45) is 11.8 Å². The van der Waals surface area contributed by atoms with E-state index < -0.39 is 12.1 Å². The van der Waals surface area contributed by atoms with Crippen molar-refractivity contribution in [3.05, 3.63) is 132 Å². The molecule has 0 bridgehead atoms. The zero-order valence-electron chi connectivity index (χ0n) is 31.3. The summed E-state index contributed by atoms with van der Waals surface area (Å²) in [6.45, 7) is 2.01. The van der Waals surface area contributed by atoms with Gasteiger partial charge in [-0.05, 0) is 84.4 Å². The summed E-state index contributed by atoms with van der Waals surface area (Å²) >= 11 is 0. The monoisotopic (exact) mass is 745 g/mol. The molecule has 2 saturated carbocycles. The van der Waals surface area contributed by atoms with Gasteiger partial charge in [0.1, 0.15) is 17.7 Å². The van der Waals surface area contributed by atoms with E-state index in [1.807, 2.05) is 78.7 Å². The van der Waals surface area contributed by atoms with Gasteiger partial charge >= 0.3 is 6.09 Å². The van der Waals surface area contributed by atoms with E-state index in [9.17, 15) is 14.4 Å². The summed E-state index contributed by atoms with van der Waals surface area (Å²) in [7, 11) is 1.30. The first-order valence-electron chi connectivity index (χ1n) is 19.6. The summed E-state index contributed by atoms with van der Waals surface area (Å²) in [6.07, 6.45) is 4.98. The van der Waals surface area contributed by atoms with Gasteiger partial charge in [-0.1, -0.05) is 91.0 Å². The number of amides is 3. The minimum atomic E-state index is -0.860. The molecule has 2 saturated heterocycles. The molecule has 4 aliphatic rings. The van der Waals surface area contributed by atoms with Crippen LogP contribution in [-0.2, 0) is 14.3 Å². The van der Waals surface area contributed by atoms with Gasteiger partial charge in [0, 0.05) is 12.1 Å². The fourth-order valence-corrected chi connectivity index (χ4v) is 9.26. The van der Waals surface area contributed by atoms with Crippen molar-refractivity contribution < 1.29 is 19.1 Å². The number of alkyl carbamates (subject to hydrolysis) is 1. The van der Waals surface area contributed by atoms with Crippen LogP contribution in [0.3, 0.4) is 0 Å². The largest absolute Gasteiger partial charge is 0.453 e. The second-order valence-corrected chi connectivity index (χ2v) is 15.8. The highest BCUT2D eigenvalue weighted by molar-refractivity contribution is 5.88. The lowest BCUT2D eigenvalue weighted by Gasteiger charge is -2.30. The zero-order valence-corrected chi connectivity index (χ0v) is 31.3. The molecule has 11 heteroatoms. The van der Waals surface area contributed by atoms with Crippen molar-refractivity contribution in [2.45, 2.75) is 68.7 Å². The van der Waals surface area contributed by atoms with Gasteiger partial charge in [-0.15, -0.1) is 0 Å². The molecule has 2 aromatic heterocycles. The molecule has 11 nitrogen and oxygen atoms in total. The van der Waals surface area contributed by atoms with Crippen LogP contribution in [-0.4, -0.2) is 66.8 Å². The Bertz CT molecular complexity index is 2440. The summed E-state index contributed by atoms with van der Waals surface area (Å²) in [5.74, 6) is 2.38. The topological polar surface area (TPSA) is 136 Å². The number of carbonyl (C=O) groups is 3. The predicted octanol–water partition coefficient (Wildman–Crippen LogP) is 7.84. The van der Waals surface area contributed by atoms with Gasteiger partial charge in [0.05, 0.1) is 48.0 Å². The molecular weight excluding hydrogens is 703 g/mol. The zero-order chi connectivity index (χ0) is 38.1. The number of carbonyl (C=O) groups excluding carboxylic acids is 3. The molecule has 3 N–H and O–H groups in total. The lowest BCUT2D eigenvalue weighted by Crippen LogP contribution is -2.44. The predicted molar refractivity (Wildman–Crippen MR) is 211 cm³/mol. The number of benzene rings is 4. The molecule has 0 unspecified atom stereocenters. The fraction of sp³-hybridized carbons (Fsp3) is 0.311. The minimum Gasteiger partial charge on any atom is -0.453 e. The Morgan fingerprint density at radius 1 is 0.714 bits per heavy atom. The summed E-state index contributed by atoms with van der Waals surface area (Å²) in [5.41, 5.74) is 7.59. The number of rotatable bonds is 9. The SMILES string of the molecule is COC(=O)N[C@@H](C(=O)N1[C@H](c2ncc(-c3ccc(-c4ccc5nc([C@@H]6C[C@@H]7C[C@@H]7N6C(=O)[C@H](C)c6ccccc6)[nH]c5c4)cc3)[nH]2)C[C@@H]2C[C@@H]21)c1ccccc1. The molecule has 2 aliphatic carbocycles. The maximum atomic E-state index is 14.1. The average Bonchev–Trinajstić information content (AvgIpc) is 3.87. The number of imidazole rings is 2. The molecule has 4 heterocycles. The molecule has 4 fully saturated rings. The van der Waals surface area contributed by atoms with E-state index in [2.05, 4.69) is 62.6 Å². The van der Waals surface area contributed by atoms with Crippen LogP contribution in [0.1, 0.15) is 79.4 Å². The molecule has 3 amide bonds. The highest BCUT2D eigenvalue weighted by atomic mass is 16.5.